The Balaban J connectivity index is 1.45. The first kappa shape index (κ1) is 15.2. The van der Waals surface area contributed by atoms with Crippen LogP contribution in [0.5, 0.6) is 0 Å². The fourth-order valence-electron chi connectivity index (χ4n) is 4.20. The van der Waals surface area contributed by atoms with Gasteiger partial charge in [-0.2, -0.15) is 0 Å². The van der Waals surface area contributed by atoms with E-state index in [1.54, 1.807) is 0 Å². The van der Waals surface area contributed by atoms with Crippen molar-refractivity contribution in [2.45, 2.75) is 69.5 Å². The van der Waals surface area contributed by atoms with Gasteiger partial charge in [-0.05, 0) is 54.6 Å². The monoisotopic (exact) mass is 313 g/mol. The SMILES string of the molecule is CC1(C)CCC(NC(=O)C2CC(C3CC3)NN2)c2ccccc21. The summed E-state index contributed by atoms with van der Waals surface area (Å²) in [6.07, 6.45) is 5.64. The Labute approximate surface area is 138 Å². The van der Waals surface area contributed by atoms with E-state index in [4.69, 9.17) is 0 Å². The van der Waals surface area contributed by atoms with Crippen molar-refractivity contribution in [3.05, 3.63) is 35.4 Å². The molecule has 3 atom stereocenters. The number of carbonyl (C=O) groups excluding carboxylic acids is 1. The molecule has 3 unspecified atom stereocenters. The van der Waals surface area contributed by atoms with Crippen LogP contribution in [0.15, 0.2) is 24.3 Å². The van der Waals surface area contributed by atoms with Gasteiger partial charge >= 0.3 is 0 Å². The molecule has 124 valence electrons. The van der Waals surface area contributed by atoms with E-state index in [0.717, 1.165) is 25.2 Å². The van der Waals surface area contributed by atoms with Crippen molar-refractivity contribution in [3.8, 4) is 0 Å². The molecule has 23 heavy (non-hydrogen) atoms. The lowest BCUT2D eigenvalue weighted by Crippen LogP contribution is -2.45. The number of fused-ring (bicyclic) bond motifs is 1. The van der Waals surface area contributed by atoms with Crippen molar-refractivity contribution in [3.63, 3.8) is 0 Å². The molecule has 1 saturated carbocycles. The molecule has 3 N–H and O–H groups in total. The lowest BCUT2D eigenvalue weighted by Gasteiger charge is -2.37. The van der Waals surface area contributed by atoms with Gasteiger partial charge in [0.25, 0.3) is 0 Å². The normalized spacial score (nSPS) is 32.3. The third kappa shape index (κ3) is 2.90. The Bertz CT molecular complexity index is 608. The van der Waals surface area contributed by atoms with Crippen LogP contribution in [0, 0.1) is 5.92 Å². The second-order valence-electron chi connectivity index (χ2n) is 8.09. The van der Waals surface area contributed by atoms with Gasteiger partial charge in [-0.25, -0.2) is 5.43 Å². The summed E-state index contributed by atoms with van der Waals surface area (Å²) < 4.78 is 0. The Hall–Kier alpha value is -1.39. The van der Waals surface area contributed by atoms with Crippen LogP contribution in [-0.4, -0.2) is 18.0 Å². The highest BCUT2D eigenvalue weighted by Crippen LogP contribution is 2.41. The van der Waals surface area contributed by atoms with Gasteiger partial charge in [-0.3, -0.25) is 10.2 Å². The predicted octanol–water partition coefficient (Wildman–Crippen LogP) is 2.56. The van der Waals surface area contributed by atoms with Crippen LogP contribution in [0.1, 0.15) is 63.1 Å². The van der Waals surface area contributed by atoms with E-state index in [-0.39, 0.29) is 23.4 Å². The minimum atomic E-state index is -0.0947. The molecular weight excluding hydrogens is 286 g/mol. The Morgan fingerprint density at radius 1 is 1.17 bits per heavy atom. The number of benzene rings is 1. The second-order valence-corrected chi connectivity index (χ2v) is 8.09. The maximum absolute atomic E-state index is 12.7. The van der Waals surface area contributed by atoms with Crippen LogP contribution >= 0.6 is 0 Å². The molecule has 0 radical (unpaired) electrons. The molecule has 3 aliphatic rings. The van der Waals surface area contributed by atoms with Crippen molar-refractivity contribution < 1.29 is 4.79 Å². The molecule has 2 fully saturated rings. The largest absolute Gasteiger partial charge is 0.348 e. The fraction of sp³-hybridized carbons (Fsp3) is 0.632. The van der Waals surface area contributed by atoms with Crippen LogP contribution in [0.3, 0.4) is 0 Å². The van der Waals surface area contributed by atoms with E-state index in [0.29, 0.717) is 6.04 Å². The maximum atomic E-state index is 12.7. The minimum Gasteiger partial charge on any atom is -0.348 e. The van der Waals surface area contributed by atoms with Gasteiger partial charge in [0, 0.05) is 6.04 Å². The summed E-state index contributed by atoms with van der Waals surface area (Å²) in [5.41, 5.74) is 9.37. The molecular formula is C19H27N3O. The van der Waals surface area contributed by atoms with Crippen molar-refractivity contribution in [2.75, 3.05) is 0 Å². The highest BCUT2D eigenvalue weighted by molar-refractivity contribution is 5.82. The van der Waals surface area contributed by atoms with E-state index in [1.165, 1.54) is 24.0 Å². The number of hydrazine groups is 1. The smallest absolute Gasteiger partial charge is 0.239 e. The van der Waals surface area contributed by atoms with Crippen molar-refractivity contribution in [1.29, 1.82) is 0 Å². The molecule has 4 rings (SSSR count). The Morgan fingerprint density at radius 2 is 1.96 bits per heavy atom. The van der Waals surface area contributed by atoms with E-state index in [9.17, 15) is 4.79 Å². The fourth-order valence-corrected chi connectivity index (χ4v) is 4.20. The maximum Gasteiger partial charge on any atom is 0.239 e. The molecule has 4 nitrogen and oxygen atoms in total. The minimum absolute atomic E-state index is 0.0947. The molecule has 1 saturated heterocycles. The van der Waals surface area contributed by atoms with Crippen molar-refractivity contribution in [1.82, 2.24) is 16.2 Å². The number of rotatable bonds is 3. The van der Waals surface area contributed by atoms with E-state index in [1.807, 2.05) is 0 Å². The Kier molecular flexibility index (Phi) is 3.69. The van der Waals surface area contributed by atoms with Gasteiger partial charge in [0.15, 0.2) is 0 Å². The lowest BCUT2D eigenvalue weighted by atomic mass is 9.71. The van der Waals surface area contributed by atoms with E-state index < -0.39 is 0 Å². The highest BCUT2D eigenvalue weighted by atomic mass is 16.2. The number of carbonyl (C=O) groups is 1. The molecule has 1 aliphatic heterocycles. The number of hydrogen-bond acceptors (Lipinski definition) is 3. The van der Waals surface area contributed by atoms with Crippen LogP contribution in [0.2, 0.25) is 0 Å². The average Bonchev–Trinajstić information content (AvgIpc) is 3.27. The van der Waals surface area contributed by atoms with Crippen LogP contribution in [-0.2, 0) is 10.2 Å². The standard InChI is InChI=1S/C19H27N3O/c1-19(2)10-9-15(13-5-3-4-6-14(13)19)20-18(23)17-11-16(21-22-17)12-7-8-12/h3-6,12,15-17,21-22H,7-11H2,1-2H3,(H,20,23). The molecule has 0 bridgehead atoms. The van der Waals surface area contributed by atoms with Gasteiger partial charge in [-0.15, -0.1) is 0 Å². The van der Waals surface area contributed by atoms with Crippen LogP contribution in [0.4, 0.5) is 0 Å². The quantitative estimate of drug-likeness (QED) is 0.804. The summed E-state index contributed by atoms with van der Waals surface area (Å²) in [5.74, 6) is 0.914. The summed E-state index contributed by atoms with van der Waals surface area (Å²) in [7, 11) is 0. The van der Waals surface area contributed by atoms with Crippen LogP contribution < -0.4 is 16.2 Å². The first-order valence-electron chi connectivity index (χ1n) is 8.95. The summed E-state index contributed by atoms with van der Waals surface area (Å²) in [4.78, 5) is 12.7. The van der Waals surface area contributed by atoms with Gasteiger partial charge < -0.3 is 5.32 Å². The molecule has 0 aromatic heterocycles. The first-order chi connectivity index (χ1) is 11.0. The third-order valence-corrected chi connectivity index (χ3v) is 5.88. The van der Waals surface area contributed by atoms with Crippen molar-refractivity contribution in [2.24, 2.45) is 5.92 Å². The first-order valence-corrected chi connectivity index (χ1v) is 8.95. The Morgan fingerprint density at radius 3 is 2.74 bits per heavy atom. The summed E-state index contributed by atoms with van der Waals surface area (Å²) in [6.45, 7) is 4.60. The zero-order chi connectivity index (χ0) is 16.0. The third-order valence-electron chi connectivity index (χ3n) is 5.88. The molecule has 4 heteroatoms. The lowest BCUT2D eigenvalue weighted by molar-refractivity contribution is -0.123. The molecule has 1 aromatic rings. The highest BCUT2D eigenvalue weighted by Gasteiger charge is 2.40. The predicted molar refractivity (Wildman–Crippen MR) is 90.8 cm³/mol. The zero-order valence-corrected chi connectivity index (χ0v) is 14.1. The van der Waals surface area contributed by atoms with E-state index in [2.05, 4.69) is 54.3 Å². The average molecular weight is 313 g/mol. The number of nitrogens with one attached hydrogen (secondary N) is 3. The van der Waals surface area contributed by atoms with Crippen LogP contribution in [0.25, 0.3) is 0 Å². The molecule has 2 aliphatic carbocycles. The second kappa shape index (κ2) is 5.60. The van der Waals surface area contributed by atoms with E-state index >= 15 is 0 Å². The summed E-state index contributed by atoms with van der Waals surface area (Å²) >= 11 is 0. The summed E-state index contributed by atoms with van der Waals surface area (Å²) in [6, 6.07) is 9.10. The molecule has 1 amide bonds. The van der Waals surface area contributed by atoms with Gasteiger partial charge in [0.05, 0.1) is 6.04 Å². The zero-order valence-electron chi connectivity index (χ0n) is 14.1. The van der Waals surface area contributed by atoms with Gasteiger partial charge in [0.1, 0.15) is 6.04 Å². The number of hydrogen-bond donors (Lipinski definition) is 3. The van der Waals surface area contributed by atoms with Gasteiger partial charge in [-0.1, -0.05) is 38.1 Å². The van der Waals surface area contributed by atoms with Crippen molar-refractivity contribution >= 4 is 5.91 Å². The number of amides is 1. The molecule has 1 aromatic carbocycles. The van der Waals surface area contributed by atoms with Gasteiger partial charge in [0.2, 0.25) is 5.91 Å². The molecule has 1 heterocycles. The molecule has 0 spiro atoms. The summed E-state index contributed by atoms with van der Waals surface area (Å²) in [5, 5.41) is 3.29. The topological polar surface area (TPSA) is 53.2 Å².